The van der Waals surface area contributed by atoms with Gasteiger partial charge in [-0.15, -0.1) is 0 Å². The lowest BCUT2D eigenvalue weighted by atomic mass is 10.2. The molecule has 2 aromatic rings. The highest BCUT2D eigenvalue weighted by Gasteiger charge is 2.15. The average Bonchev–Trinajstić information content (AvgIpc) is 2.54. The predicted octanol–water partition coefficient (Wildman–Crippen LogP) is 2.36. The van der Waals surface area contributed by atoms with Gasteiger partial charge in [0.15, 0.2) is 0 Å². The number of nitrogens with one attached hydrogen (secondary N) is 2. The van der Waals surface area contributed by atoms with Crippen molar-refractivity contribution in [2.45, 2.75) is 29.7 Å². The summed E-state index contributed by atoms with van der Waals surface area (Å²) < 4.78 is 38.0. The van der Waals surface area contributed by atoms with Crippen molar-refractivity contribution in [2.24, 2.45) is 0 Å². The largest absolute Gasteiger partial charge is 0.322 e. The minimum absolute atomic E-state index is 0.133. The molecule has 0 aliphatic carbocycles. The average molecular weight is 380 g/mol. The van der Waals surface area contributed by atoms with Crippen LogP contribution in [0, 0.1) is 0 Å². The minimum atomic E-state index is -3.56. The van der Waals surface area contributed by atoms with Crippen molar-refractivity contribution in [3.63, 3.8) is 0 Å². The third-order valence-corrected chi connectivity index (χ3v) is 5.87. The van der Waals surface area contributed by atoms with Crippen LogP contribution in [-0.2, 0) is 20.8 Å². The Morgan fingerprint density at radius 1 is 1.00 bits per heavy atom. The lowest BCUT2D eigenvalue weighted by Gasteiger charge is -2.10. The number of amides is 1. The van der Waals surface area contributed by atoms with Crippen LogP contribution in [0.15, 0.2) is 58.3 Å². The van der Waals surface area contributed by atoms with Crippen LogP contribution in [-0.4, -0.2) is 30.8 Å². The summed E-state index contributed by atoms with van der Waals surface area (Å²) in [6.07, 6.45) is 1.57. The van der Waals surface area contributed by atoms with Crippen LogP contribution in [0.1, 0.15) is 24.2 Å². The molecule has 1 amide bonds. The molecule has 134 valence electrons. The van der Waals surface area contributed by atoms with Crippen LogP contribution in [0.25, 0.3) is 0 Å². The van der Waals surface area contributed by atoms with E-state index in [0.29, 0.717) is 16.1 Å². The molecule has 6 nitrogen and oxygen atoms in total. The van der Waals surface area contributed by atoms with Gasteiger partial charge >= 0.3 is 0 Å². The molecule has 0 aliphatic heterocycles. The Labute approximate surface area is 150 Å². The van der Waals surface area contributed by atoms with Crippen LogP contribution in [0.5, 0.6) is 0 Å². The molecule has 0 aliphatic rings. The Morgan fingerprint density at radius 2 is 1.56 bits per heavy atom. The molecule has 1 unspecified atom stereocenters. The number of hydrogen-bond acceptors (Lipinski definition) is 4. The van der Waals surface area contributed by atoms with Crippen molar-refractivity contribution in [1.29, 1.82) is 0 Å². The third kappa shape index (κ3) is 5.22. The normalized spacial score (nSPS) is 12.8. The molecule has 0 radical (unpaired) electrons. The fourth-order valence-electron chi connectivity index (χ4n) is 2.10. The van der Waals surface area contributed by atoms with E-state index < -0.39 is 20.8 Å². The van der Waals surface area contributed by atoms with Crippen molar-refractivity contribution in [1.82, 2.24) is 4.72 Å². The van der Waals surface area contributed by atoms with E-state index >= 15 is 0 Å². The molecular formula is C17H20N2O4S2. The number of anilines is 1. The fourth-order valence-corrected chi connectivity index (χ4v) is 3.87. The van der Waals surface area contributed by atoms with Gasteiger partial charge in [-0.1, -0.05) is 0 Å². The first kappa shape index (κ1) is 19.3. The number of rotatable bonds is 6. The molecule has 0 saturated heterocycles. The van der Waals surface area contributed by atoms with E-state index in [1.807, 2.05) is 0 Å². The second-order valence-electron chi connectivity index (χ2n) is 5.73. The maximum absolute atomic E-state index is 12.2. The third-order valence-electron chi connectivity index (χ3n) is 3.26. The topological polar surface area (TPSA) is 92.3 Å². The Hall–Kier alpha value is -2.03. The van der Waals surface area contributed by atoms with Gasteiger partial charge in [0, 0.05) is 39.2 Å². The molecule has 0 fully saturated rings. The zero-order chi connectivity index (χ0) is 18.6. The van der Waals surface area contributed by atoms with E-state index in [0.717, 1.165) is 0 Å². The first-order valence-electron chi connectivity index (χ1n) is 7.56. The summed E-state index contributed by atoms with van der Waals surface area (Å²) in [5.41, 5.74) is 0.906. The Morgan fingerprint density at radius 3 is 2.04 bits per heavy atom. The van der Waals surface area contributed by atoms with E-state index in [-0.39, 0.29) is 16.8 Å². The highest BCUT2D eigenvalue weighted by Crippen LogP contribution is 2.16. The van der Waals surface area contributed by atoms with Gasteiger partial charge in [0.1, 0.15) is 0 Å². The van der Waals surface area contributed by atoms with Gasteiger partial charge < -0.3 is 5.32 Å². The number of hydrogen-bond donors (Lipinski definition) is 2. The smallest absolute Gasteiger partial charge is 0.255 e. The highest BCUT2D eigenvalue weighted by atomic mass is 32.2. The monoisotopic (exact) mass is 380 g/mol. The molecule has 8 heteroatoms. The molecule has 0 saturated carbocycles. The van der Waals surface area contributed by atoms with Gasteiger partial charge in [-0.25, -0.2) is 13.1 Å². The summed E-state index contributed by atoms with van der Waals surface area (Å²) in [6.45, 7) is 3.48. The molecule has 2 N–H and O–H groups in total. The summed E-state index contributed by atoms with van der Waals surface area (Å²) in [5, 5.41) is 2.70. The first-order valence-corrected chi connectivity index (χ1v) is 10.6. The van der Waals surface area contributed by atoms with E-state index in [4.69, 9.17) is 0 Å². The van der Waals surface area contributed by atoms with Gasteiger partial charge in [0.25, 0.3) is 5.91 Å². The van der Waals surface area contributed by atoms with Crippen LogP contribution in [0.4, 0.5) is 5.69 Å². The Bertz CT molecular complexity index is 874. The number of sulfonamides is 1. The fraction of sp³-hybridized carbons (Fsp3) is 0.235. The summed E-state index contributed by atoms with van der Waals surface area (Å²) in [6, 6.07) is 12.2. The van der Waals surface area contributed by atoms with Crippen molar-refractivity contribution in [3.05, 3.63) is 54.1 Å². The van der Waals surface area contributed by atoms with Crippen LogP contribution >= 0.6 is 0 Å². The van der Waals surface area contributed by atoms with E-state index in [9.17, 15) is 17.4 Å². The van der Waals surface area contributed by atoms with Gasteiger partial charge in [-0.3, -0.25) is 9.00 Å². The molecular weight excluding hydrogens is 360 g/mol. The van der Waals surface area contributed by atoms with Crippen molar-refractivity contribution >= 4 is 32.4 Å². The minimum Gasteiger partial charge on any atom is -0.322 e. The molecule has 0 spiro atoms. The van der Waals surface area contributed by atoms with E-state index in [1.54, 1.807) is 44.4 Å². The van der Waals surface area contributed by atoms with Gasteiger partial charge in [0.2, 0.25) is 10.0 Å². The summed E-state index contributed by atoms with van der Waals surface area (Å²) in [7, 11) is -4.66. The van der Waals surface area contributed by atoms with Crippen molar-refractivity contribution < 1.29 is 17.4 Å². The van der Waals surface area contributed by atoms with E-state index in [2.05, 4.69) is 10.0 Å². The summed E-state index contributed by atoms with van der Waals surface area (Å²) in [4.78, 5) is 13.0. The number of carbonyl (C=O) groups excluding carboxylic acids is 1. The zero-order valence-electron chi connectivity index (χ0n) is 14.1. The summed E-state index contributed by atoms with van der Waals surface area (Å²) in [5.74, 6) is -0.329. The molecule has 2 aromatic carbocycles. The lowest BCUT2D eigenvalue weighted by Crippen LogP contribution is -2.30. The highest BCUT2D eigenvalue weighted by molar-refractivity contribution is 7.89. The second-order valence-corrected chi connectivity index (χ2v) is 8.83. The Balaban J connectivity index is 2.10. The van der Waals surface area contributed by atoms with Gasteiger partial charge in [-0.05, 0) is 62.4 Å². The first-order chi connectivity index (χ1) is 11.7. The van der Waals surface area contributed by atoms with Crippen LogP contribution < -0.4 is 10.0 Å². The Kier molecular flexibility index (Phi) is 6.10. The lowest BCUT2D eigenvalue weighted by molar-refractivity contribution is 0.102. The van der Waals surface area contributed by atoms with Crippen LogP contribution in [0.3, 0.4) is 0 Å². The van der Waals surface area contributed by atoms with E-state index in [1.165, 1.54) is 24.3 Å². The molecule has 0 heterocycles. The SMILES string of the molecule is CC(C)NS(=O)(=O)c1ccc(NC(=O)c2ccc(S(C)=O)cc2)cc1. The van der Waals surface area contributed by atoms with Crippen LogP contribution in [0.2, 0.25) is 0 Å². The maximum Gasteiger partial charge on any atom is 0.255 e. The van der Waals surface area contributed by atoms with Crippen molar-refractivity contribution in [2.75, 3.05) is 11.6 Å². The zero-order valence-corrected chi connectivity index (χ0v) is 15.8. The second kappa shape index (κ2) is 7.90. The van der Waals surface area contributed by atoms with Gasteiger partial charge in [-0.2, -0.15) is 0 Å². The quantitative estimate of drug-likeness (QED) is 0.805. The van der Waals surface area contributed by atoms with Crippen molar-refractivity contribution in [3.8, 4) is 0 Å². The molecule has 25 heavy (non-hydrogen) atoms. The van der Waals surface area contributed by atoms with Gasteiger partial charge in [0.05, 0.1) is 4.90 Å². The maximum atomic E-state index is 12.2. The number of benzene rings is 2. The molecule has 0 aromatic heterocycles. The molecule has 0 bridgehead atoms. The summed E-state index contributed by atoms with van der Waals surface area (Å²) >= 11 is 0. The predicted molar refractivity (Wildman–Crippen MR) is 98.6 cm³/mol. The standard InChI is InChI=1S/C17H20N2O4S2/c1-12(2)19-25(22,23)16-10-6-14(7-11-16)18-17(20)13-4-8-15(9-5-13)24(3)21/h4-12,19H,1-3H3,(H,18,20). The number of carbonyl (C=O) groups is 1. The molecule has 2 rings (SSSR count). The molecule has 1 atom stereocenters.